The average molecular weight is 339 g/mol. The van der Waals surface area contributed by atoms with Crippen LogP contribution in [0.25, 0.3) is 0 Å². The first kappa shape index (κ1) is 14.9. The van der Waals surface area contributed by atoms with Crippen LogP contribution in [0.1, 0.15) is 35.6 Å². The standard InChI is InChI=1S/C15H16BrFN2O/c1-3-12-15(16)13(19(4-2)18-12)9-14(20)10-7-5-6-8-11(10)17/h5-8H,3-4,9H2,1-2H3. The van der Waals surface area contributed by atoms with Crippen LogP contribution in [0.2, 0.25) is 0 Å². The van der Waals surface area contributed by atoms with Gasteiger partial charge in [0.1, 0.15) is 5.82 Å². The Bertz CT molecular complexity index is 637. The van der Waals surface area contributed by atoms with Crippen molar-refractivity contribution in [2.45, 2.75) is 33.2 Å². The van der Waals surface area contributed by atoms with Gasteiger partial charge in [-0.25, -0.2) is 4.39 Å². The second-order valence-electron chi connectivity index (χ2n) is 4.46. The van der Waals surface area contributed by atoms with E-state index in [2.05, 4.69) is 21.0 Å². The van der Waals surface area contributed by atoms with Gasteiger partial charge in [0.25, 0.3) is 0 Å². The summed E-state index contributed by atoms with van der Waals surface area (Å²) >= 11 is 3.49. The number of nitrogens with zero attached hydrogens (tertiary/aromatic N) is 2. The maximum Gasteiger partial charge on any atom is 0.171 e. The topological polar surface area (TPSA) is 34.9 Å². The van der Waals surface area contributed by atoms with E-state index in [9.17, 15) is 9.18 Å². The van der Waals surface area contributed by atoms with Crippen molar-refractivity contribution < 1.29 is 9.18 Å². The van der Waals surface area contributed by atoms with E-state index in [0.29, 0.717) is 6.54 Å². The minimum absolute atomic E-state index is 0.126. The summed E-state index contributed by atoms with van der Waals surface area (Å²) in [4.78, 5) is 12.3. The molecule has 20 heavy (non-hydrogen) atoms. The number of rotatable bonds is 5. The predicted molar refractivity (Wildman–Crippen MR) is 79.4 cm³/mol. The summed E-state index contributed by atoms with van der Waals surface area (Å²) in [6, 6.07) is 6.06. The van der Waals surface area contributed by atoms with Gasteiger partial charge in [0.15, 0.2) is 5.78 Å². The van der Waals surface area contributed by atoms with Crippen LogP contribution in [-0.4, -0.2) is 15.6 Å². The molecule has 1 aromatic carbocycles. The van der Waals surface area contributed by atoms with Gasteiger partial charge in [-0.2, -0.15) is 5.10 Å². The Labute approximate surface area is 125 Å². The fraction of sp³-hybridized carbons (Fsp3) is 0.333. The summed E-state index contributed by atoms with van der Waals surface area (Å²) in [5.41, 5.74) is 1.85. The third-order valence-corrected chi connectivity index (χ3v) is 4.11. The lowest BCUT2D eigenvalue weighted by molar-refractivity contribution is 0.0986. The van der Waals surface area contributed by atoms with Crippen LogP contribution in [0.5, 0.6) is 0 Å². The van der Waals surface area contributed by atoms with Crippen LogP contribution in [0.3, 0.4) is 0 Å². The highest BCUT2D eigenvalue weighted by Gasteiger charge is 2.19. The molecule has 0 saturated carbocycles. The van der Waals surface area contributed by atoms with Gasteiger partial charge in [-0.1, -0.05) is 19.1 Å². The smallest absolute Gasteiger partial charge is 0.171 e. The van der Waals surface area contributed by atoms with Crippen molar-refractivity contribution in [3.8, 4) is 0 Å². The average Bonchev–Trinajstić information content (AvgIpc) is 2.75. The predicted octanol–water partition coefficient (Wildman–Crippen LogP) is 3.79. The Morgan fingerprint density at radius 3 is 2.65 bits per heavy atom. The molecule has 0 N–H and O–H groups in total. The number of aryl methyl sites for hydroxylation is 2. The van der Waals surface area contributed by atoms with Gasteiger partial charge in [0.2, 0.25) is 0 Å². The van der Waals surface area contributed by atoms with Crippen molar-refractivity contribution in [2.75, 3.05) is 0 Å². The monoisotopic (exact) mass is 338 g/mol. The third-order valence-electron chi connectivity index (χ3n) is 3.20. The maximum absolute atomic E-state index is 13.6. The molecule has 0 spiro atoms. The van der Waals surface area contributed by atoms with Crippen molar-refractivity contribution in [1.82, 2.24) is 9.78 Å². The Hall–Kier alpha value is -1.49. The van der Waals surface area contributed by atoms with Crippen molar-refractivity contribution >= 4 is 21.7 Å². The van der Waals surface area contributed by atoms with E-state index in [1.807, 2.05) is 13.8 Å². The molecule has 2 aromatic rings. The molecule has 3 nitrogen and oxygen atoms in total. The maximum atomic E-state index is 13.6. The number of hydrogen-bond donors (Lipinski definition) is 0. The number of halogens is 2. The van der Waals surface area contributed by atoms with Crippen LogP contribution < -0.4 is 0 Å². The van der Waals surface area contributed by atoms with Gasteiger partial charge < -0.3 is 0 Å². The first-order valence-corrected chi connectivity index (χ1v) is 7.39. The van der Waals surface area contributed by atoms with Gasteiger partial charge in [0, 0.05) is 6.54 Å². The molecule has 0 atom stereocenters. The summed E-state index contributed by atoms with van der Waals surface area (Å²) < 4.78 is 16.3. The fourth-order valence-electron chi connectivity index (χ4n) is 2.12. The first-order valence-electron chi connectivity index (χ1n) is 6.60. The molecular formula is C15H16BrFN2O. The molecule has 106 valence electrons. The number of hydrogen-bond acceptors (Lipinski definition) is 2. The number of ketones is 1. The number of carbonyl (C=O) groups excluding carboxylic acids is 1. The Morgan fingerprint density at radius 2 is 2.05 bits per heavy atom. The highest BCUT2D eigenvalue weighted by molar-refractivity contribution is 9.10. The van der Waals surface area contributed by atoms with E-state index >= 15 is 0 Å². The van der Waals surface area contributed by atoms with Gasteiger partial charge in [-0.3, -0.25) is 9.48 Å². The van der Waals surface area contributed by atoms with Crippen molar-refractivity contribution in [1.29, 1.82) is 0 Å². The van der Waals surface area contributed by atoms with Gasteiger partial charge in [0.05, 0.1) is 27.8 Å². The summed E-state index contributed by atoms with van der Waals surface area (Å²) in [7, 11) is 0. The van der Waals surface area contributed by atoms with Crippen molar-refractivity contribution in [3.05, 3.63) is 51.5 Å². The van der Waals surface area contributed by atoms with E-state index in [1.165, 1.54) is 12.1 Å². The zero-order valence-electron chi connectivity index (χ0n) is 11.5. The molecule has 5 heteroatoms. The summed E-state index contributed by atoms with van der Waals surface area (Å²) in [5, 5.41) is 4.44. The van der Waals surface area contributed by atoms with E-state index in [-0.39, 0.29) is 17.8 Å². The molecule has 0 aliphatic heterocycles. The molecule has 0 unspecified atom stereocenters. The van der Waals surface area contributed by atoms with E-state index < -0.39 is 5.82 Å². The lowest BCUT2D eigenvalue weighted by atomic mass is 10.1. The minimum atomic E-state index is -0.480. The molecule has 0 saturated heterocycles. The van der Waals surface area contributed by atoms with Crippen molar-refractivity contribution in [3.63, 3.8) is 0 Å². The number of Topliss-reactive ketones (excluding diaryl/α,β-unsaturated/α-hetero) is 1. The minimum Gasteiger partial charge on any atom is -0.294 e. The van der Waals surface area contributed by atoms with E-state index in [0.717, 1.165) is 22.3 Å². The normalized spacial score (nSPS) is 10.8. The molecule has 2 rings (SSSR count). The van der Waals surface area contributed by atoms with Crippen molar-refractivity contribution in [2.24, 2.45) is 0 Å². The summed E-state index contributed by atoms with van der Waals surface area (Å²) in [5.74, 6) is -0.715. The van der Waals surface area contributed by atoms with Crippen LogP contribution in [0, 0.1) is 5.82 Å². The van der Waals surface area contributed by atoms with Gasteiger partial charge in [-0.15, -0.1) is 0 Å². The number of aromatic nitrogens is 2. The molecule has 0 aliphatic rings. The lowest BCUT2D eigenvalue weighted by Gasteiger charge is -2.06. The largest absolute Gasteiger partial charge is 0.294 e. The molecule has 1 heterocycles. The van der Waals surface area contributed by atoms with Crippen LogP contribution in [-0.2, 0) is 19.4 Å². The zero-order chi connectivity index (χ0) is 14.7. The molecule has 1 aromatic heterocycles. The summed E-state index contributed by atoms with van der Waals surface area (Å²) in [6.45, 7) is 4.66. The first-order chi connectivity index (χ1) is 9.58. The molecule has 0 amide bonds. The van der Waals surface area contributed by atoms with Crippen LogP contribution >= 0.6 is 15.9 Å². The van der Waals surface area contributed by atoms with Gasteiger partial charge >= 0.3 is 0 Å². The molecular weight excluding hydrogens is 323 g/mol. The zero-order valence-corrected chi connectivity index (χ0v) is 13.1. The quantitative estimate of drug-likeness (QED) is 0.777. The fourth-order valence-corrected chi connectivity index (χ4v) is 2.83. The highest BCUT2D eigenvalue weighted by atomic mass is 79.9. The number of benzene rings is 1. The Kier molecular flexibility index (Phi) is 4.70. The SMILES string of the molecule is CCc1nn(CC)c(CC(=O)c2ccccc2F)c1Br. The molecule has 0 aliphatic carbocycles. The second-order valence-corrected chi connectivity index (χ2v) is 5.25. The van der Waals surface area contributed by atoms with Gasteiger partial charge in [-0.05, 0) is 41.4 Å². The highest BCUT2D eigenvalue weighted by Crippen LogP contribution is 2.24. The van der Waals surface area contributed by atoms with Crippen LogP contribution in [0.15, 0.2) is 28.7 Å². The Morgan fingerprint density at radius 1 is 1.35 bits per heavy atom. The lowest BCUT2D eigenvalue weighted by Crippen LogP contribution is -2.11. The molecule has 0 bridgehead atoms. The number of carbonyl (C=O) groups is 1. The van der Waals surface area contributed by atoms with Crippen LogP contribution in [0.4, 0.5) is 4.39 Å². The Balaban J connectivity index is 2.33. The molecule has 0 radical (unpaired) electrons. The van der Waals surface area contributed by atoms with E-state index in [4.69, 9.17) is 0 Å². The summed E-state index contributed by atoms with van der Waals surface area (Å²) in [6.07, 6.45) is 0.927. The third kappa shape index (κ3) is 2.82. The second kappa shape index (κ2) is 6.31. The molecule has 0 fully saturated rings. The van der Waals surface area contributed by atoms with E-state index in [1.54, 1.807) is 16.8 Å².